The molecule has 128 valence electrons. The first-order valence-corrected chi connectivity index (χ1v) is 8.29. The second-order valence-electron chi connectivity index (χ2n) is 6.50. The molecule has 0 atom stereocenters. The number of hydrogen-bond donors (Lipinski definition) is 0. The van der Waals surface area contributed by atoms with E-state index in [2.05, 4.69) is 16.2 Å². The molecule has 1 amide bonds. The van der Waals surface area contributed by atoms with E-state index in [1.807, 2.05) is 33.0 Å². The van der Waals surface area contributed by atoms with E-state index in [1.165, 1.54) is 0 Å². The van der Waals surface area contributed by atoms with Crippen molar-refractivity contribution >= 4 is 5.91 Å². The molecule has 1 fully saturated rings. The third-order valence-electron chi connectivity index (χ3n) is 4.04. The lowest BCUT2D eigenvalue weighted by Crippen LogP contribution is -2.30. The molecule has 0 bridgehead atoms. The number of likely N-dealkylation sites (N-methyl/N-ethyl adjacent to an activating group) is 1. The normalized spacial score (nSPS) is 13.8. The summed E-state index contributed by atoms with van der Waals surface area (Å²) in [6, 6.07) is 6.04. The molecule has 1 heterocycles. The summed E-state index contributed by atoms with van der Waals surface area (Å²) in [5.74, 6) is 2.30. The standard InChI is InChI=1S/C18H23N3O3/c1-12-8-13(2)10-15(9-12)23-11-17-19-16(20-24-17)6-7-21(3)18(22)14-4-5-14/h8-10,14H,4-7,11H2,1-3H3. The number of carbonyl (C=O) groups excluding carboxylic acids is 1. The molecule has 0 aliphatic heterocycles. The molecule has 24 heavy (non-hydrogen) atoms. The summed E-state index contributed by atoms with van der Waals surface area (Å²) < 4.78 is 10.9. The van der Waals surface area contributed by atoms with E-state index in [4.69, 9.17) is 9.26 Å². The molecule has 1 aromatic heterocycles. The predicted octanol–water partition coefficient (Wildman–Crippen LogP) is 2.68. The SMILES string of the molecule is Cc1cc(C)cc(OCc2nc(CCN(C)C(=O)C3CC3)no2)c1. The quantitative estimate of drug-likeness (QED) is 0.781. The summed E-state index contributed by atoms with van der Waals surface area (Å²) in [6.45, 7) is 4.91. The Morgan fingerprint density at radius 3 is 2.67 bits per heavy atom. The minimum atomic E-state index is 0.219. The highest BCUT2D eigenvalue weighted by atomic mass is 16.5. The monoisotopic (exact) mass is 329 g/mol. The second kappa shape index (κ2) is 7.03. The summed E-state index contributed by atoms with van der Waals surface area (Å²) in [5, 5.41) is 3.95. The van der Waals surface area contributed by atoms with Gasteiger partial charge in [-0.25, -0.2) is 0 Å². The van der Waals surface area contributed by atoms with Crippen LogP contribution in [-0.4, -0.2) is 34.5 Å². The van der Waals surface area contributed by atoms with Crippen molar-refractivity contribution in [2.24, 2.45) is 5.92 Å². The molecule has 0 N–H and O–H groups in total. The Labute approximate surface area is 141 Å². The van der Waals surface area contributed by atoms with Crippen LogP contribution in [-0.2, 0) is 17.8 Å². The summed E-state index contributed by atoms with van der Waals surface area (Å²) >= 11 is 0. The largest absolute Gasteiger partial charge is 0.484 e. The number of rotatable bonds is 7. The Balaban J connectivity index is 1.49. The fourth-order valence-electron chi connectivity index (χ4n) is 2.63. The van der Waals surface area contributed by atoms with E-state index in [-0.39, 0.29) is 18.4 Å². The molecule has 0 spiro atoms. The van der Waals surface area contributed by atoms with E-state index < -0.39 is 0 Å². The molecule has 2 aromatic rings. The fourth-order valence-corrected chi connectivity index (χ4v) is 2.63. The minimum Gasteiger partial charge on any atom is -0.484 e. The van der Waals surface area contributed by atoms with Gasteiger partial charge in [0.15, 0.2) is 12.4 Å². The van der Waals surface area contributed by atoms with Crippen molar-refractivity contribution in [2.75, 3.05) is 13.6 Å². The van der Waals surface area contributed by atoms with Crippen LogP contribution in [0, 0.1) is 19.8 Å². The van der Waals surface area contributed by atoms with Crippen molar-refractivity contribution in [2.45, 2.75) is 39.7 Å². The first-order valence-electron chi connectivity index (χ1n) is 8.29. The average Bonchev–Trinajstić information content (AvgIpc) is 3.28. The summed E-state index contributed by atoms with van der Waals surface area (Å²) in [6.07, 6.45) is 2.62. The highest BCUT2D eigenvalue weighted by Gasteiger charge is 2.31. The second-order valence-corrected chi connectivity index (χ2v) is 6.50. The number of amides is 1. The Bertz CT molecular complexity index is 702. The third kappa shape index (κ3) is 4.34. The summed E-state index contributed by atoms with van der Waals surface area (Å²) in [7, 11) is 1.82. The van der Waals surface area contributed by atoms with Crippen LogP contribution in [0.3, 0.4) is 0 Å². The maximum absolute atomic E-state index is 11.9. The lowest BCUT2D eigenvalue weighted by Gasteiger charge is -2.15. The van der Waals surface area contributed by atoms with Gasteiger partial charge in [-0.2, -0.15) is 4.98 Å². The highest BCUT2D eigenvalue weighted by molar-refractivity contribution is 5.80. The molecule has 6 nitrogen and oxygen atoms in total. The van der Waals surface area contributed by atoms with Crippen molar-refractivity contribution in [3.63, 3.8) is 0 Å². The molecule has 1 aromatic carbocycles. The van der Waals surface area contributed by atoms with E-state index in [1.54, 1.807) is 4.90 Å². The summed E-state index contributed by atoms with van der Waals surface area (Å²) in [5.41, 5.74) is 2.30. The van der Waals surface area contributed by atoms with Gasteiger partial charge in [0.25, 0.3) is 5.89 Å². The average molecular weight is 329 g/mol. The van der Waals surface area contributed by atoms with Gasteiger partial charge >= 0.3 is 0 Å². The van der Waals surface area contributed by atoms with Gasteiger partial charge in [0, 0.05) is 25.9 Å². The van der Waals surface area contributed by atoms with Crippen LogP contribution in [0.4, 0.5) is 0 Å². The Morgan fingerprint density at radius 2 is 2.00 bits per heavy atom. The van der Waals surface area contributed by atoms with Gasteiger partial charge in [0.2, 0.25) is 5.91 Å². The molecule has 0 radical (unpaired) electrons. The van der Waals surface area contributed by atoms with Crippen molar-refractivity contribution in [1.29, 1.82) is 0 Å². The van der Waals surface area contributed by atoms with Gasteiger partial charge in [-0.1, -0.05) is 11.2 Å². The van der Waals surface area contributed by atoms with Crippen LogP contribution in [0.1, 0.15) is 35.7 Å². The number of nitrogens with zero attached hydrogens (tertiary/aromatic N) is 3. The zero-order valence-electron chi connectivity index (χ0n) is 14.4. The lowest BCUT2D eigenvalue weighted by atomic mass is 10.1. The van der Waals surface area contributed by atoms with Crippen LogP contribution in [0.25, 0.3) is 0 Å². The van der Waals surface area contributed by atoms with Crippen LogP contribution in [0.2, 0.25) is 0 Å². The molecular weight excluding hydrogens is 306 g/mol. The van der Waals surface area contributed by atoms with Crippen molar-refractivity contribution < 1.29 is 14.1 Å². The molecule has 3 rings (SSSR count). The van der Waals surface area contributed by atoms with E-state index >= 15 is 0 Å². The molecule has 6 heteroatoms. The van der Waals surface area contributed by atoms with Gasteiger partial charge in [0.05, 0.1) is 0 Å². The Morgan fingerprint density at radius 1 is 1.29 bits per heavy atom. The number of aryl methyl sites for hydroxylation is 2. The molecule has 1 aliphatic carbocycles. The molecule has 1 aliphatic rings. The highest BCUT2D eigenvalue weighted by Crippen LogP contribution is 2.30. The first-order chi connectivity index (χ1) is 11.5. The number of hydrogen-bond acceptors (Lipinski definition) is 5. The van der Waals surface area contributed by atoms with Gasteiger partial charge in [-0.3, -0.25) is 4.79 Å². The van der Waals surface area contributed by atoms with Gasteiger partial charge < -0.3 is 14.2 Å². The smallest absolute Gasteiger partial charge is 0.264 e. The predicted molar refractivity (Wildman–Crippen MR) is 88.6 cm³/mol. The maximum atomic E-state index is 11.9. The minimum absolute atomic E-state index is 0.219. The van der Waals surface area contributed by atoms with Gasteiger partial charge in [-0.15, -0.1) is 0 Å². The number of benzene rings is 1. The van der Waals surface area contributed by atoms with Gasteiger partial charge in [-0.05, 0) is 49.9 Å². The van der Waals surface area contributed by atoms with Crippen LogP contribution in [0.15, 0.2) is 22.7 Å². The van der Waals surface area contributed by atoms with E-state index in [0.717, 1.165) is 29.7 Å². The first kappa shape index (κ1) is 16.5. The molecule has 0 saturated heterocycles. The van der Waals surface area contributed by atoms with Crippen LogP contribution in [0.5, 0.6) is 5.75 Å². The zero-order valence-corrected chi connectivity index (χ0v) is 14.4. The number of ether oxygens (including phenoxy) is 1. The van der Waals surface area contributed by atoms with Crippen LogP contribution >= 0.6 is 0 Å². The van der Waals surface area contributed by atoms with Crippen LogP contribution < -0.4 is 4.74 Å². The molecule has 1 saturated carbocycles. The van der Waals surface area contributed by atoms with E-state index in [0.29, 0.717) is 24.7 Å². The van der Waals surface area contributed by atoms with Crippen molar-refractivity contribution in [3.05, 3.63) is 41.0 Å². The Kier molecular flexibility index (Phi) is 4.83. The van der Waals surface area contributed by atoms with Crippen molar-refractivity contribution in [3.8, 4) is 5.75 Å². The topological polar surface area (TPSA) is 68.5 Å². The number of aromatic nitrogens is 2. The lowest BCUT2D eigenvalue weighted by molar-refractivity contribution is -0.131. The molecular formula is C18H23N3O3. The Hall–Kier alpha value is -2.37. The zero-order chi connectivity index (χ0) is 17.1. The van der Waals surface area contributed by atoms with E-state index in [9.17, 15) is 4.79 Å². The fraction of sp³-hybridized carbons (Fsp3) is 0.500. The molecule has 0 unspecified atom stereocenters. The maximum Gasteiger partial charge on any atom is 0.264 e. The number of carbonyl (C=O) groups is 1. The van der Waals surface area contributed by atoms with Crippen molar-refractivity contribution in [1.82, 2.24) is 15.0 Å². The van der Waals surface area contributed by atoms with Gasteiger partial charge in [0.1, 0.15) is 5.75 Å². The third-order valence-corrected chi connectivity index (χ3v) is 4.04. The summed E-state index contributed by atoms with van der Waals surface area (Å²) in [4.78, 5) is 18.0.